The highest BCUT2D eigenvalue weighted by Gasteiger charge is 2.42. The van der Waals surface area contributed by atoms with Crippen LogP contribution in [0.5, 0.6) is 5.75 Å². The number of nitrogens with zero attached hydrogens (tertiary/aromatic N) is 3. The summed E-state index contributed by atoms with van der Waals surface area (Å²) in [6.45, 7) is 6.46. The van der Waals surface area contributed by atoms with Gasteiger partial charge in [-0.25, -0.2) is 0 Å². The van der Waals surface area contributed by atoms with E-state index in [4.69, 9.17) is 28.6 Å². The lowest BCUT2D eigenvalue weighted by Crippen LogP contribution is -2.29. The first-order valence-electron chi connectivity index (χ1n) is 11.5. The van der Waals surface area contributed by atoms with Crippen LogP contribution >= 0.6 is 23.8 Å². The van der Waals surface area contributed by atoms with Crippen molar-refractivity contribution in [3.63, 3.8) is 0 Å². The highest BCUT2D eigenvalue weighted by Crippen LogP contribution is 2.45. The molecule has 1 aliphatic heterocycles. The van der Waals surface area contributed by atoms with Crippen LogP contribution in [0.15, 0.2) is 72.9 Å². The fraction of sp³-hybridized carbons (Fsp3) is 0.214. The summed E-state index contributed by atoms with van der Waals surface area (Å²) in [5.41, 5.74) is 7.74. The summed E-state index contributed by atoms with van der Waals surface area (Å²) in [7, 11) is 1.61. The zero-order valence-corrected chi connectivity index (χ0v) is 21.7. The topological polar surface area (TPSA) is 42.3 Å². The van der Waals surface area contributed by atoms with Crippen molar-refractivity contribution in [1.82, 2.24) is 14.9 Å². The lowest BCUT2D eigenvalue weighted by atomic mass is 9.96. The van der Waals surface area contributed by atoms with Gasteiger partial charge in [-0.1, -0.05) is 35.9 Å². The van der Waals surface area contributed by atoms with Gasteiger partial charge >= 0.3 is 0 Å². The molecule has 0 radical (unpaired) electrons. The predicted octanol–water partition coefficient (Wildman–Crippen LogP) is 6.64. The molecule has 0 saturated carbocycles. The van der Waals surface area contributed by atoms with Gasteiger partial charge in [-0.15, -0.1) is 0 Å². The van der Waals surface area contributed by atoms with Crippen LogP contribution in [-0.2, 0) is 0 Å². The molecule has 2 atom stereocenters. The average Bonchev–Trinajstić information content (AvgIpc) is 3.35. The van der Waals surface area contributed by atoms with Crippen molar-refractivity contribution in [2.75, 3.05) is 12.0 Å². The molecule has 7 heteroatoms. The molecule has 2 aromatic carbocycles. The smallest absolute Gasteiger partial charge is 0.174 e. The number of methoxy groups -OCH3 is 1. The van der Waals surface area contributed by atoms with Gasteiger partial charge in [-0.3, -0.25) is 4.98 Å². The SMILES string of the molecule is COc1ccc(N2C(=S)N[C@H](c3ccccn3)[C@@H]2c2cc(C)n(-c3ccccc3C)c2C)cc1Cl. The van der Waals surface area contributed by atoms with Gasteiger partial charge in [0.2, 0.25) is 0 Å². The number of ether oxygens (including phenoxy) is 1. The molecule has 1 saturated heterocycles. The van der Waals surface area contributed by atoms with Gasteiger partial charge in [-0.2, -0.15) is 0 Å². The van der Waals surface area contributed by atoms with E-state index in [1.165, 1.54) is 22.5 Å². The predicted molar refractivity (Wildman–Crippen MR) is 146 cm³/mol. The van der Waals surface area contributed by atoms with E-state index in [0.717, 1.165) is 17.1 Å². The third-order valence-electron chi connectivity index (χ3n) is 6.66. The fourth-order valence-corrected chi connectivity index (χ4v) is 5.62. The van der Waals surface area contributed by atoms with Crippen LogP contribution in [0.2, 0.25) is 5.02 Å². The zero-order chi connectivity index (χ0) is 24.7. The first-order chi connectivity index (χ1) is 16.9. The summed E-state index contributed by atoms with van der Waals surface area (Å²) in [4.78, 5) is 6.82. The molecule has 0 aliphatic carbocycles. The Kier molecular flexibility index (Phi) is 6.26. The summed E-state index contributed by atoms with van der Waals surface area (Å²) in [6, 6.07) is 22.2. The van der Waals surface area contributed by atoms with E-state index in [1.807, 2.05) is 42.6 Å². The minimum atomic E-state index is -0.129. The van der Waals surface area contributed by atoms with Gasteiger partial charge in [0, 0.05) is 29.0 Å². The molecule has 1 fully saturated rings. The molecule has 178 valence electrons. The van der Waals surface area contributed by atoms with E-state index in [1.54, 1.807) is 7.11 Å². The van der Waals surface area contributed by atoms with Gasteiger partial charge in [0.1, 0.15) is 5.75 Å². The lowest BCUT2D eigenvalue weighted by molar-refractivity contribution is 0.415. The van der Waals surface area contributed by atoms with Crippen LogP contribution in [0, 0.1) is 20.8 Å². The monoisotopic (exact) mass is 502 g/mol. The minimum Gasteiger partial charge on any atom is -0.495 e. The lowest BCUT2D eigenvalue weighted by Gasteiger charge is -2.28. The number of para-hydroxylation sites is 1. The maximum absolute atomic E-state index is 6.53. The van der Waals surface area contributed by atoms with Crippen LogP contribution in [-0.4, -0.2) is 21.8 Å². The molecule has 0 bridgehead atoms. The summed E-state index contributed by atoms with van der Waals surface area (Å²) >= 11 is 12.4. The molecular weight excluding hydrogens is 476 g/mol. The van der Waals surface area contributed by atoms with Crippen LogP contribution in [0.1, 0.15) is 40.3 Å². The van der Waals surface area contributed by atoms with E-state index >= 15 is 0 Å². The van der Waals surface area contributed by atoms with Gasteiger partial charge < -0.3 is 19.5 Å². The van der Waals surface area contributed by atoms with Crippen molar-refractivity contribution in [3.05, 3.63) is 106 Å². The molecule has 5 nitrogen and oxygen atoms in total. The van der Waals surface area contributed by atoms with Crippen molar-refractivity contribution in [1.29, 1.82) is 0 Å². The maximum Gasteiger partial charge on any atom is 0.174 e. The van der Waals surface area contributed by atoms with Crippen molar-refractivity contribution in [2.45, 2.75) is 32.9 Å². The number of benzene rings is 2. The second-order valence-corrected chi connectivity index (χ2v) is 9.56. The molecule has 4 aromatic rings. The molecule has 0 unspecified atom stereocenters. The first kappa shape index (κ1) is 23.4. The number of aromatic nitrogens is 2. The van der Waals surface area contributed by atoms with Gasteiger partial charge in [-0.05, 0) is 86.6 Å². The van der Waals surface area contributed by atoms with Crippen molar-refractivity contribution >= 4 is 34.6 Å². The Bertz CT molecular complexity index is 1400. The summed E-state index contributed by atoms with van der Waals surface area (Å²) in [5.74, 6) is 0.629. The van der Waals surface area contributed by atoms with E-state index < -0.39 is 0 Å². The molecule has 3 heterocycles. The molecule has 1 N–H and O–H groups in total. The highest BCUT2D eigenvalue weighted by molar-refractivity contribution is 7.80. The molecule has 0 spiro atoms. The number of hydrogen-bond donors (Lipinski definition) is 1. The first-order valence-corrected chi connectivity index (χ1v) is 12.3. The molecule has 0 amide bonds. The fourth-order valence-electron chi connectivity index (χ4n) is 5.03. The van der Waals surface area contributed by atoms with E-state index in [9.17, 15) is 0 Å². The number of pyridine rings is 1. The molecular formula is C28H27ClN4OS. The Morgan fingerprint density at radius 3 is 2.46 bits per heavy atom. The summed E-state index contributed by atoms with van der Waals surface area (Å²) in [5, 5.41) is 4.71. The van der Waals surface area contributed by atoms with Crippen LogP contribution in [0.25, 0.3) is 5.69 Å². The molecule has 35 heavy (non-hydrogen) atoms. The normalized spacial score (nSPS) is 17.5. The van der Waals surface area contributed by atoms with E-state index in [2.05, 4.69) is 70.9 Å². The molecule has 2 aromatic heterocycles. The third kappa shape index (κ3) is 4.07. The van der Waals surface area contributed by atoms with Gasteiger partial charge in [0.25, 0.3) is 0 Å². The third-order valence-corrected chi connectivity index (χ3v) is 7.27. The summed E-state index contributed by atoms with van der Waals surface area (Å²) in [6.07, 6.45) is 1.82. The van der Waals surface area contributed by atoms with Crippen LogP contribution in [0.4, 0.5) is 5.69 Å². The Morgan fingerprint density at radius 1 is 1.00 bits per heavy atom. The number of rotatable bonds is 5. The Labute approximate surface area is 216 Å². The second-order valence-electron chi connectivity index (χ2n) is 8.76. The number of hydrogen-bond acceptors (Lipinski definition) is 3. The standard InChI is InChI=1S/C28H27ClN4OS/c1-17-9-5-6-11-24(17)32-18(2)15-21(19(32)3)27-26(23-10-7-8-14-30-23)31-28(35)33(27)20-12-13-25(34-4)22(29)16-20/h5-16,26-27H,1-4H3,(H,31,35)/t26-,27+/m1/s1. The molecule has 1 aliphatic rings. The minimum absolute atomic E-state index is 0.120. The molecule has 5 rings (SSSR count). The largest absolute Gasteiger partial charge is 0.495 e. The maximum atomic E-state index is 6.53. The number of halogens is 1. The zero-order valence-electron chi connectivity index (χ0n) is 20.1. The average molecular weight is 503 g/mol. The van der Waals surface area contributed by atoms with Gasteiger partial charge in [0.05, 0.1) is 29.9 Å². The van der Waals surface area contributed by atoms with Crippen molar-refractivity contribution < 1.29 is 4.74 Å². The van der Waals surface area contributed by atoms with E-state index in [0.29, 0.717) is 15.9 Å². The number of thiocarbonyl (C=S) groups is 1. The Balaban J connectivity index is 1.69. The number of anilines is 1. The van der Waals surface area contributed by atoms with E-state index in [-0.39, 0.29) is 12.1 Å². The van der Waals surface area contributed by atoms with Crippen molar-refractivity contribution in [2.24, 2.45) is 0 Å². The van der Waals surface area contributed by atoms with Gasteiger partial charge in [0.15, 0.2) is 5.11 Å². The second kappa shape index (κ2) is 9.36. The van der Waals surface area contributed by atoms with Crippen LogP contribution < -0.4 is 15.0 Å². The summed E-state index contributed by atoms with van der Waals surface area (Å²) < 4.78 is 7.70. The Hall–Kier alpha value is -3.35. The van der Waals surface area contributed by atoms with Crippen LogP contribution in [0.3, 0.4) is 0 Å². The number of nitrogens with one attached hydrogen (secondary N) is 1. The number of aryl methyl sites for hydroxylation is 2. The highest BCUT2D eigenvalue weighted by atomic mass is 35.5. The quantitative estimate of drug-likeness (QED) is 0.310. The van der Waals surface area contributed by atoms with Crippen molar-refractivity contribution in [3.8, 4) is 11.4 Å². The Morgan fingerprint density at radius 2 is 1.77 bits per heavy atom.